The van der Waals surface area contributed by atoms with E-state index in [0.29, 0.717) is 30.8 Å². The molecule has 3 unspecified atom stereocenters. The summed E-state index contributed by atoms with van der Waals surface area (Å²) in [7, 11) is 0. The number of ether oxygens (including phenoxy) is 1. The van der Waals surface area contributed by atoms with E-state index in [4.69, 9.17) is 10.1 Å². The molecule has 220 valence electrons. The standard InChI is InChI=1S/C27H38F3N7O3/c1-4-8-27(29,30)9-7-19(33-23(38)16(2)31)21-14-37-25(34-21)35-22(18-15-40-12-10-26(18,3)28)20(36-37)13-17-6-5-11-32-24(17)39/h14,17-19,31H,4-13,15H2,1-3H3,(H,32,39)(H,33,38)/t17-,18?,19?,26?/m1/s1. The first-order valence-electron chi connectivity index (χ1n) is 13.9. The van der Waals surface area contributed by atoms with Crippen LogP contribution in [0.1, 0.15) is 94.8 Å². The van der Waals surface area contributed by atoms with E-state index < -0.39 is 35.9 Å². The first-order chi connectivity index (χ1) is 18.9. The Labute approximate surface area is 231 Å². The number of halogens is 3. The maximum absolute atomic E-state index is 15.7. The molecular weight excluding hydrogens is 527 g/mol. The fraction of sp³-hybridized carbons (Fsp3) is 0.704. The molecule has 2 saturated heterocycles. The molecule has 2 aromatic rings. The molecule has 2 amide bonds. The summed E-state index contributed by atoms with van der Waals surface area (Å²) >= 11 is 0. The van der Waals surface area contributed by atoms with Crippen LogP contribution in [0.3, 0.4) is 0 Å². The number of rotatable bonds is 11. The maximum atomic E-state index is 15.7. The minimum Gasteiger partial charge on any atom is -0.381 e. The number of aromatic nitrogens is 4. The molecule has 0 spiro atoms. The van der Waals surface area contributed by atoms with Gasteiger partial charge < -0.3 is 15.4 Å². The van der Waals surface area contributed by atoms with Crippen LogP contribution in [0.5, 0.6) is 0 Å². The lowest BCUT2D eigenvalue weighted by Gasteiger charge is -2.35. The lowest BCUT2D eigenvalue weighted by Crippen LogP contribution is -2.40. The molecule has 0 saturated carbocycles. The highest BCUT2D eigenvalue weighted by Crippen LogP contribution is 2.39. The number of alkyl halides is 3. The van der Waals surface area contributed by atoms with Gasteiger partial charge in [-0.15, -0.1) is 0 Å². The fourth-order valence-corrected chi connectivity index (χ4v) is 5.33. The minimum atomic E-state index is -2.92. The second kappa shape index (κ2) is 12.2. The number of amides is 2. The molecule has 0 aliphatic carbocycles. The van der Waals surface area contributed by atoms with Gasteiger partial charge in [-0.1, -0.05) is 13.3 Å². The van der Waals surface area contributed by atoms with Crippen LogP contribution in [0.4, 0.5) is 13.2 Å². The molecular formula is C27H38F3N7O3. The summed E-state index contributed by atoms with van der Waals surface area (Å²) in [4.78, 5) is 34.0. The SMILES string of the molecule is CCCC(F)(F)CCC(NC(=O)C(C)=N)c1cn2nc(C[C@H]3CCCNC3=O)c(C3COCCC3(C)F)nc2n1. The van der Waals surface area contributed by atoms with Crippen molar-refractivity contribution in [2.45, 2.75) is 95.7 Å². The van der Waals surface area contributed by atoms with Crippen molar-refractivity contribution < 1.29 is 27.5 Å². The van der Waals surface area contributed by atoms with Crippen molar-refractivity contribution >= 4 is 23.3 Å². The van der Waals surface area contributed by atoms with Gasteiger partial charge in [0.05, 0.1) is 47.6 Å². The zero-order valence-corrected chi connectivity index (χ0v) is 23.2. The molecule has 40 heavy (non-hydrogen) atoms. The molecule has 2 aromatic heterocycles. The Morgan fingerprint density at radius 1 is 1.38 bits per heavy atom. The summed E-state index contributed by atoms with van der Waals surface area (Å²) in [5.74, 6) is -4.66. The average Bonchev–Trinajstić information content (AvgIpc) is 3.30. The number of piperidine rings is 1. The highest BCUT2D eigenvalue weighted by Gasteiger charge is 2.42. The predicted molar refractivity (Wildman–Crippen MR) is 141 cm³/mol. The molecule has 4 atom stereocenters. The van der Waals surface area contributed by atoms with Gasteiger partial charge in [-0.25, -0.2) is 27.7 Å². The zero-order valence-electron chi connectivity index (χ0n) is 23.2. The van der Waals surface area contributed by atoms with E-state index in [1.54, 1.807) is 6.92 Å². The molecule has 0 radical (unpaired) electrons. The molecule has 3 N–H and O–H groups in total. The smallest absolute Gasteiger partial charge is 0.265 e. The molecule has 10 nitrogen and oxygen atoms in total. The van der Waals surface area contributed by atoms with E-state index in [1.807, 2.05) is 0 Å². The third kappa shape index (κ3) is 6.97. The van der Waals surface area contributed by atoms with Gasteiger partial charge in [0.15, 0.2) is 0 Å². The Bertz CT molecular complexity index is 1250. The minimum absolute atomic E-state index is 0.0916. The third-order valence-electron chi connectivity index (χ3n) is 7.77. The number of nitrogens with zero attached hydrogens (tertiary/aromatic N) is 4. The predicted octanol–water partition coefficient (Wildman–Crippen LogP) is 3.84. The van der Waals surface area contributed by atoms with E-state index >= 15 is 4.39 Å². The van der Waals surface area contributed by atoms with Gasteiger partial charge in [0, 0.05) is 44.8 Å². The monoisotopic (exact) mass is 565 g/mol. The Balaban J connectivity index is 1.73. The van der Waals surface area contributed by atoms with Crippen LogP contribution in [0.2, 0.25) is 0 Å². The summed E-state index contributed by atoms with van der Waals surface area (Å²) in [6.07, 6.45) is 2.86. The van der Waals surface area contributed by atoms with Gasteiger partial charge in [0.25, 0.3) is 11.7 Å². The van der Waals surface area contributed by atoms with Gasteiger partial charge in [0.2, 0.25) is 11.8 Å². The number of nitrogens with one attached hydrogen (secondary N) is 3. The molecule has 2 aliphatic heterocycles. The van der Waals surface area contributed by atoms with Crippen molar-refractivity contribution in [3.63, 3.8) is 0 Å². The molecule has 0 bridgehead atoms. The number of hydrogen-bond donors (Lipinski definition) is 3. The Hall–Kier alpha value is -3.09. The van der Waals surface area contributed by atoms with Crippen LogP contribution >= 0.6 is 0 Å². The first-order valence-corrected chi connectivity index (χ1v) is 13.9. The van der Waals surface area contributed by atoms with Crippen LogP contribution in [0, 0.1) is 11.3 Å². The lowest BCUT2D eigenvalue weighted by atomic mass is 9.82. The second-order valence-corrected chi connectivity index (χ2v) is 11.1. The Morgan fingerprint density at radius 3 is 2.83 bits per heavy atom. The van der Waals surface area contributed by atoms with Crippen molar-refractivity contribution in [3.8, 4) is 0 Å². The van der Waals surface area contributed by atoms with Crippen LogP contribution in [-0.4, -0.2) is 68.5 Å². The molecule has 0 aromatic carbocycles. The van der Waals surface area contributed by atoms with Gasteiger partial charge in [-0.2, -0.15) is 5.10 Å². The van der Waals surface area contributed by atoms with Gasteiger partial charge in [-0.05, 0) is 33.1 Å². The van der Waals surface area contributed by atoms with Crippen LogP contribution in [-0.2, 0) is 20.7 Å². The first kappa shape index (κ1) is 29.9. The Kier molecular flexibility index (Phi) is 9.11. The van der Waals surface area contributed by atoms with Crippen molar-refractivity contribution in [2.75, 3.05) is 19.8 Å². The lowest BCUT2D eigenvalue weighted by molar-refractivity contribution is -0.126. The zero-order chi connectivity index (χ0) is 29.1. The topological polar surface area (TPSA) is 134 Å². The molecule has 2 fully saturated rings. The van der Waals surface area contributed by atoms with E-state index in [0.717, 1.165) is 6.42 Å². The molecule has 2 aliphatic rings. The van der Waals surface area contributed by atoms with Gasteiger partial charge in [0.1, 0.15) is 5.67 Å². The quantitative estimate of drug-likeness (QED) is 0.355. The maximum Gasteiger partial charge on any atom is 0.265 e. The van der Waals surface area contributed by atoms with Crippen molar-refractivity contribution in [2.24, 2.45) is 5.92 Å². The summed E-state index contributed by atoms with van der Waals surface area (Å²) in [6.45, 7) is 5.48. The largest absolute Gasteiger partial charge is 0.381 e. The Morgan fingerprint density at radius 2 is 2.15 bits per heavy atom. The van der Waals surface area contributed by atoms with E-state index in [9.17, 15) is 18.4 Å². The van der Waals surface area contributed by atoms with Crippen LogP contribution in [0.15, 0.2) is 6.20 Å². The number of imidazole rings is 1. The number of carbonyl (C=O) groups excluding carboxylic acids is 2. The fourth-order valence-electron chi connectivity index (χ4n) is 5.33. The third-order valence-corrected chi connectivity index (χ3v) is 7.77. The second-order valence-electron chi connectivity index (χ2n) is 11.1. The van der Waals surface area contributed by atoms with Crippen LogP contribution < -0.4 is 10.6 Å². The molecule has 4 rings (SSSR count). The molecule has 13 heteroatoms. The summed E-state index contributed by atoms with van der Waals surface area (Å²) in [5, 5.41) is 17.8. The van der Waals surface area contributed by atoms with E-state index in [2.05, 4.69) is 25.7 Å². The number of hydrogen-bond acceptors (Lipinski definition) is 7. The van der Waals surface area contributed by atoms with Crippen molar-refractivity contribution in [1.82, 2.24) is 30.2 Å². The van der Waals surface area contributed by atoms with Gasteiger partial charge in [-0.3, -0.25) is 15.0 Å². The normalized spacial score (nSPS) is 24.5. The van der Waals surface area contributed by atoms with E-state index in [-0.39, 0.29) is 67.9 Å². The highest BCUT2D eigenvalue weighted by molar-refractivity contribution is 6.36. The summed E-state index contributed by atoms with van der Waals surface area (Å²) < 4.78 is 51.4. The van der Waals surface area contributed by atoms with Crippen molar-refractivity contribution in [3.05, 3.63) is 23.3 Å². The van der Waals surface area contributed by atoms with E-state index in [1.165, 1.54) is 24.6 Å². The highest BCUT2D eigenvalue weighted by atomic mass is 19.3. The number of fused-ring (bicyclic) bond motifs is 1. The van der Waals surface area contributed by atoms with Gasteiger partial charge >= 0.3 is 0 Å². The summed E-state index contributed by atoms with van der Waals surface area (Å²) in [5.41, 5.74) is -0.822. The average molecular weight is 566 g/mol. The van der Waals surface area contributed by atoms with Crippen LogP contribution in [0.25, 0.3) is 5.78 Å². The summed E-state index contributed by atoms with van der Waals surface area (Å²) in [6, 6.07) is -0.917. The molecule has 4 heterocycles. The number of carbonyl (C=O) groups is 2. The van der Waals surface area contributed by atoms with Crippen molar-refractivity contribution in [1.29, 1.82) is 5.41 Å².